The lowest BCUT2D eigenvalue weighted by atomic mass is 10.0. The minimum absolute atomic E-state index is 0.0925. The summed E-state index contributed by atoms with van der Waals surface area (Å²) in [5.74, 6) is -1.76. The number of hydrogen-bond acceptors (Lipinski definition) is 5. The van der Waals surface area contributed by atoms with Crippen molar-refractivity contribution >= 4 is 5.91 Å². The van der Waals surface area contributed by atoms with Crippen LogP contribution in [-0.2, 0) is 26.6 Å². The third-order valence-corrected chi connectivity index (χ3v) is 5.53. The standard InChI is InChI=1S/C23H18F2N6O2/c1-30-11-19(28-29-30)14-4-2-13(3-5-14)10-31-12-20-21(22(31)32)18(26-23(33)27-20)8-15-6-7-16(24)9-17(15)25/h2-7,9,11H,8,10,12H2,1H3,(H,26,27,33). The molecule has 2 aromatic heterocycles. The van der Waals surface area contributed by atoms with E-state index in [4.69, 9.17) is 0 Å². The summed E-state index contributed by atoms with van der Waals surface area (Å²) >= 11 is 0. The average Bonchev–Trinajstić information content (AvgIpc) is 3.34. The predicted octanol–water partition coefficient (Wildman–Crippen LogP) is 2.59. The van der Waals surface area contributed by atoms with Gasteiger partial charge in [0.25, 0.3) is 5.91 Å². The van der Waals surface area contributed by atoms with Gasteiger partial charge in [-0.25, -0.2) is 13.6 Å². The fourth-order valence-corrected chi connectivity index (χ4v) is 3.95. The topological polar surface area (TPSA) is 96.8 Å². The number of H-pyrrole nitrogens is 1. The molecule has 3 heterocycles. The number of aromatic amines is 1. The highest BCUT2D eigenvalue weighted by Crippen LogP contribution is 2.27. The molecule has 0 aliphatic carbocycles. The SMILES string of the molecule is Cn1cc(-c2ccc(CN3Cc4[nH]c(=O)nc(Cc5ccc(F)cc5F)c4C3=O)cc2)nn1. The summed E-state index contributed by atoms with van der Waals surface area (Å²) in [4.78, 5) is 33.3. The van der Waals surface area contributed by atoms with Gasteiger partial charge in [0.2, 0.25) is 0 Å². The van der Waals surface area contributed by atoms with E-state index in [1.165, 1.54) is 6.07 Å². The first-order chi connectivity index (χ1) is 15.9. The van der Waals surface area contributed by atoms with Crippen LogP contribution in [0, 0.1) is 11.6 Å². The molecule has 4 aromatic rings. The van der Waals surface area contributed by atoms with Crippen molar-refractivity contribution in [3.05, 3.63) is 98.9 Å². The smallest absolute Gasteiger partial charge is 0.328 e. The number of rotatable bonds is 5. The zero-order chi connectivity index (χ0) is 23.1. The van der Waals surface area contributed by atoms with Gasteiger partial charge < -0.3 is 9.88 Å². The molecule has 0 saturated carbocycles. The molecule has 1 aliphatic rings. The van der Waals surface area contributed by atoms with E-state index in [9.17, 15) is 18.4 Å². The summed E-state index contributed by atoms with van der Waals surface area (Å²) in [7, 11) is 1.79. The Labute approximate surface area is 186 Å². The Kier molecular flexibility index (Phi) is 5.04. The summed E-state index contributed by atoms with van der Waals surface area (Å²) in [6.45, 7) is 0.525. The molecule has 1 aliphatic heterocycles. The molecule has 8 nitrogen and oxygen atoms in total. The van der Waals surface area contributed by atoms with Crippen LogP contribution in [0.4, 0.5) is 8.78 Å². The molecule has 0 atom stereocenters. The van der Waals surface area contributed by atoms with E-state index < -0.39 is 17.3 Å². The van der Waals surface area contributed by atoms with E-state index in [-0.39, 0.29) is 35.7 Å². The zero-order valence-corrected chi connectivity index (χ0v) is 17.5. The molecule has 10 heteroatoms. The van der Waals surface area contributed by atoms with E-state index in [1.807, 2.05) is 30.5 Å². The summed E-state index contributed by atoms with van der Waals surface area (Å²) in [5, 5.41) is 8.00. The first kappa shape index (κ1) is 20.7. The van der Waals surface area contributed by atoms with Crippen LogP contribution in [0.5, 0.6) is 0 Å². The van der Waals surface area contributed by atoms with Gasteiger partial charge >= 0.3 is 5.69 Å². The Bertz CT molecular complexity index is 1430. The quantitative estimate of drug-likeness (QED) is 0.506. The minimum Gasteiger partial charge on any atom is -0.328 e. The fourth-order valence-electron chi connectivity index (χ4n) is 3.95. The number of aromatic nitrogens is 5. The lowest BCUT2D eigenvalue weighted by molar-refractivity contribution is 0.0765. The largest absolute Gasteiger partial charge is 0.345 e. The van der Waals surface area contributed by atoms with Crippen molar-refractivity contribution in [2.24, 2.45) is 7.05 Å². The van der Waals surface area contributed by atoms with Crippen molar-refractivity contribution in [2.75, 3.05) is 0 Å². The van der Waals surface area contributed by atoms with Crippen LogP contribution >= 0.6 is 0 Å². The van der Waals surface area contributed by atoms with Crippen LogP contribution in [0.25, 0.3) is 11.3 Å². The monoisotopic (exact) mass is 448 g/mol. The lowest BCUT2D eigenvalue weighted by Crippen LogP contribution is -2.24. The van der Waals surface area contributed by atoms with Crippen LogP contribution in [0.15, 0.2) is 53.5 Å². The van der Waals surface area contributed by atoms with Crippen molar-refractivity contribution in [2.45, 2.75) is 19.5 Å². The molecule has 2 aromatic carbocycles. The van der Waals surface area contributed by atoms with Gasteiger partial charge in [-0.3, -0.25) is 9.48 Å². The maximum Gasteiger partial charge on any atom is 0.345 e. The molecular weight excluding hydrogens is 430 g/mol. The number of carbonyl (C=O) groups excluding carboxylic acids is 1. The summed E-state index contributed by atoms with van der Waals surface area (Å²) in [6.07, 6.45) is 1.72. The Morgan fingerprint density at radius 1 is 1.09 bits per heavy atom. The lowest BCUT2D eigenvalue weighted by Gasteiger charge is -2.15. The molecular formula is C23H18F2N6O2. The van der Waals surface area contributed by atoms with Crippen LogP contribution in [0.3, 0.4) is 0 Å². The van der Waals surface area contributed by atoms with Crippen LogP contribution in [0.1, 0.15) is 32.9 Å². The number of aryl methyl sites for hydroxylation is 1. The molecule has 1 N–H and O–H groups in total. The van der Waals surface area contributed by atoms with Gasteiger partial charge in [0, 0.05) is 31.6 Å². The maximum absolute atomic E-state index is 14.1. The molecule has 0 bridgehead atoms. The van der Waals surface area contributed by atoms with Gasteiger partial charge in [0.1, 0.15) is 17.3 Å². The number of halogens is 2. The van der Waals surface area contributed by atoms with Crippen LogP contribution in [-0.4, -0.2) is 35.8 Å². The molecule has 0 unspecified atom stereocenters. The Balaban J connectivity index is 1.38. The first-order valence-electron chi connectivity index (χ1n) is 10.2. The number of carbonyl (C=O) groups is 1. The second kappa shape index (κ2) is 8.05. The molecule has 0 radical (unpaired) electrons. The Morgan fingerprint density at radius 3 is 2.58 bits per heavy atom. The van der Waals surface area contributed by atoms with E-state index >= 15 is 0 Å². The van der Waals surface area contributed by atoms with Crippen LogP contribution in [0.2, 0.25) is 0 Å². The third-order valence-electron chi connectivity index (χ3n) is 5.53. The summed E-state index contributed by atoms with van der Waals surface area (Å²) in [5.41, 5.74) is 2.95. The highest BCUT2D eigenvalue weighted by atomic mass is 19.1. The van der Waals surface area contributed by atoms with Crippen molar-refractivity contribution in [1.29, 1.82) is 0 Å². The molecule has 1 amide bonds. The minimum atomic E-state index is -0.753. The number of nitrogens with zero attached hydrogens (tertiary/aromatic N) is 5. The maximum atomic E-state index is 14.1. The van der Waals surface area contributed by atoms with Crippen LogP contribution < -0.4 is 5.69 Å². The first-order valence-corrected chi connectivity index (χ1v) is 10.2. The Morgan fingerprint density at radius 2 is 1.88 bits per heavy atom. The van der Waals surface area contributed by atoms with Crippen molar-refractivity contribution in [3.8, 4) is 11.3 Å². The van der Waals surface area contributed by atoms with Gasteiger partial charge in [-0.15, -0.1) is 5.10 Å². The van der Waals surface area contributed by atoms with E-state index in [0.717, 1.165) is 29.0 Å². The normalized spacial score (nSPS) is 12.9. The molecule has 33 heavy (non-hydrogen) atoms. The molecule has 166 valence electrons. The predicted molar refractivity (Wildman–Crippen MR) is 114 cm³/mol. The Hall–Kier alpha value is -4.21. The van der Waals surface area contributed by atoms with E-state index in [2.05, 4.69) is 20.3 Å². The number of hydrogen-bond donors (Lipinski definition) is 1. The van der Waals surface area contributed by atoms with Gasteiger partial charge in [0.05, 0.1) is 29.7 Å². The van der Waals surface area contributed by atoms with Crippen molar-refractivity contribution < 1.29 is 13.6 Å². The fraction of sp³-hybridized carbons (Fsp3) is 0.174. The summed E-state index contributed by atoms with van der Waals surface area (Å²) in [6, 6.07) is 10.8. The zero-order valence-electron chi connectivity index (χ0n) is 17.5. The van der Waals surface area contributed by atoms with Crippen molar-refractivity contribution in [1.82, 2.24) is 29.9 Å². The van der Waals surface area contributed by atoms with Gasteiger partial charge in [-0.1, -0.05) is 35.5 Å². The van der Waals surface area contributed by atoms with Crippen molar-refractivity contribution in [3.63, 3.8) is 0 Å². The third kappa shape index (κ3) is 4.02. The number of nitrogens with one attached hydrogen (secondary N) is 1. The van der Waals surface area contributed by atoms with Gasteiger partial charge in [-0.2, -0.15) is 4.98 Å². The molecule has 0 fully saturated rings. The number of fused-ring (bicyclic) bond motifs is 1. The molecule has 0 saturated heterocycles. The molecule has 5 rings (SSSR count). The molecule has 0 spiro atoms. The van der Waals surface area contributed by atoms with Gasteiger partial charge in [0.15, 0.2) is 0 Å². The summed E-state index contributed by atoms with van der Waals surface area (Å²) < 4.78 is 29.0. The second-order valence-corrected chi connectivity index (χ2v) is 7.89. The second-order valence-electron chi connectivity index (χ2n) is 7.89. The average molecular weight is 448 g/mol. The highest BCUT2D eigenvalue weighted by Gasteiger charge is 2.32. The number of amides is 1. The number of benzene rings is 2. The van der Waals surface area contributed by atoms with E-state index in [0.29, 0.717) is 12.2 Å². The van der Waals surface area contributed by atoms with E-state index in [1.54, 1.807) is 16.6 Å². The van der Waals surface area contributed by atoms with Gasteiger partial charge in [-0.05, 0) is 17.2 Å². The highest BCUT2D eigenvalue weighted by molar-refractivity contribution is 5.98.